The molecule has 1 aliphatic heterocycles. The van der Waals surface area contributed by atoms with Crippen molar-refractivity contribution in [2.24, 2.45) is 5.92 Å². The van der Waals surface area contributed by atoms with Gasteiger partial charge in [0.15, 0.2) is 0 Å². The van der Waals surface area contributed by atoms with Gasteiger partial charge in [0.1, 0.15) is 0 Å². The number of pyridine rings is 1. The molecule has 1 aromatic carbocycles. The maximum Gasteiger partial charge on any atom is 0.393 e. The summed E-state index contributed by atoms with van der Waals surface area (Å²) in [5.41, 5.74) is 1.38. The quantitative estimate of drug-likeness (QED) is 0.933. The largest absolute Gasteiger partial charge is 0.393 e. The number of hydrogen-bond acceptors (Lipinski definition) is 3. The highest BCUT2D eigenvalue weighted by atomic mass is 19.4. The highest BCUT2D eigenvalue weighted by Gasteiger charge is 2.41. The van der Waals surface area contributed by atoms with Gasteiger partial charge in [-0.05, 0) is 43.7 Å². The van der Waals surface area contributed by atoms with Crippen molar-refractivity contribution < 1.29 is 18.0 Å². The molecule has 0 spiro atoms. The van der Waals surface area contributed by atoms with Gasteiger partial charge >= 0.3 is 6.18 Å². The van der Waals surface area contributed by atoms with Crippen molar-refractivity contribution in [1.29, 1.82) is 0 Å². The van der Waals surface area contributed by atoms with Gasteiger partial charge in [0.05, 0.1) is 23.7 Å². The molecule has 1 amide bonds. The normalized spacial score (nSPS) is 19.4. The first-order valence-corrected chi connectivity index (χ1v) is 7.86. The van der Waals surface area contributed by atoms with E-state index in [1.54, 1.807) is 29.3 Å². The number of amides is 1. The van der Waals surface area contributed by atoms with Crippen molar-refractivity contribution in [2.45, 2.75) is 19.0 Å². The predicted octanol–water partition coefficient (Wildman–Crippen LogP) is 3.45. The van der Waals surface area contributed by atoms with Crippen LogP contribution in [0, 0.1) is 5.92 Å². The summed E-state index contributed by atoms with van der Waals surface area (Å²) in [6.07, 6.45) is -1.94. The van der Waals surface area contributed by atoms with Crippen molar-refractivity contribution >= 4 is 22.5 Å². The first-order valence-electron chi connectivity index (χ1n) is 7.86. The average molecular weight is 337 g/mol. The maximum absolute atomic E-state index is 12.8. The molecule has 1 saturated heterocycles. The molecule has 1 aliphatic rings. The van der Waals surface area contributed by atoms with E-state index >= 15 is 0 Å². The fraction of sp³-hybridized carbons (Fsp3) is 0.412. The first kappa shape index (κ1) is 16.7. The Hall–Kier alpha value is -2.15. The van der Waals surface area contributed by atoms with E-state index in [2.05, 4.69) is 10.3 Å². The number of rotatable bonds is 3. The van der Waals surface area contributed by atoms with E-state index in [1.807, 2.05) is 12.1 Å². The van der Waals surface area contributed by atoms with Gasteiger partial charge in [-0.3, -0.25) is 14.7 Å². The summed E-state index contributed by atoms with van der Waals surface area (Å²) in [5, 5.41) is 3.59. The van der Waals surface area contributed by atoms with E-state index in [-0.39, 0.29) is 25.4 Å². The number of alkyl halides is 3. The predicted molar refractivity (Wildman–Crippen MR) is 85.6 cm³/mol. The molecule has 2 aromatic rings. The molecule has 2 heterocycles. The molecule has 0 bridgehead atoms. The molecule has 0 radical (unpaired) electrons. The van der Waals surface area contributed by atoms with Crippen LogP contribution in [-0.4, -0.2) is 41.6 Å². The van der Waals surface area contributed by atoms with Crippen LogP contribution in [0.4, 0.5) is 18.9 Å². The lowest BCUT2D eigenvalue weighted by molar-refractivity contribution is -0.186. The van der Waals surface area contributed by atoms with E-state index in [4.69, 9.17) is 0 Å². The van der Waals surface area contributed by atoms with E-state index in [0.29, 0.717) is 18.7 Å². The van der Waals surface area contributed by atoms with Gasteiger partial charge in [-0.25, -0.2) is 0 Å². The molecular weight excluding hydrogens is 319 g/mol. The number of halogens is 3. The summed E-state index contributed by atoms with van der Waals surface area (Å²) < 4.78 is 38.5. The topological polar surface area (TPSA) is 45.2 Å². The second kappa shape index (κ2) is 6.76. The summed E-state index contributed by atoms with van der Waals surface area (Å²) in [7, 11) is 0. The molecule has 24 heavy (non-hydrogen) atoms. The number of aromatic nitrogens is 1. The summed E-state index contributed by atoms with van der Waals surface area (Å²) in [6, 6.07) is 9.00. The van der Waals surface area contributed by atoms with Gasteiger partial charge in [-0.15, -0.1) is 0 Å². The van der Waals surface area contributed by atoms with Crippen molar-refractivity contribution in [1.82, 2.24) is 9.88 Å². The molecule has 3 rings (SSSR count). The molecule has 1 aromatic heterocycles. The lowest BCUT2D eigenvalue weighted by Gasteiger charge is -2.33. The van der Waals surface area contributed by atoms with E-state index in [0.717, 1.165) is 10.9 Å². The lowest BCUT2D eigenvalue weighted by Crippen LogP contribution is -2.44. The summed E-state index contributed by atoms with van der Waals surface area (Å²) in [5.74, 6) is -1.66. The Morgan fingerprint density at radius 1 is 1.29 bits per heavy atom. The minimum atomic E-state index is -4.20. The lowest BCUT2D eigenvalue weighted by atomic mass is 9.97. The molecule has 128 valence electrons. The van der Waals surface area contributed by atoms with E-state index in [9.17, 15) is 18.0 Å². The molecule has 4 nitrogen and oxygen atoms in total. The van der Waals surface area contributed by atoms with E-state index in [1.165, 1.54) is 0 Å². The van der Waals surface area contributed by atoms with Gasteiger partial charge in [0.25, 0.3) is 0 Å². The fourth-order valence-corrected chi connectivity index (χ4v) is 3.07. The second-order valence-electron chi connectivity index (χ2n) is 6.04. The number of likely N-dealkylation sites (tertiary alicyclic amines) is 1. The van der Waals surface area contributed by atoms with Gasteiger partial charge in [-0.2, -0.15) is 13.2 Å². The zero-order chi connectivity index (χ0) is 17.2. The highest BCUT2D eigenvalue weighted by molar-refractivity contribution is 6.01. The first-order chi connectivity index (χ1) is 11.4. The van der Waals surface area contributed by atoms with Crippen molar-refractivity contribution in [3.8, 4) is 0 Å². The van der Waals surface area contributed by atoms with Crippen molar-refractivity contribution in [3.63, 3.8) is 0 Å². The van der Waals surface area contributed by atoms with Crippen LogP contribution < -0.4 is 5.32 Å². The number of nitrogens with zero attached hydrogens (tertiary/aromatic N) is 2. The summed E-state index contributed by atoms with van der Waals surface area (Å²) >= 11 is 0. The Morgan fingerprint density at radius 2 is 2.12 bits per heavy atom. The smallest absolute Gasteiger partial charge is 0.324 e. The van der Waals surface area contributed by atoms with Crippen LogP contribution in [0.2, 0.25) is 0 Å². The van der Waals surface area contributed by atoms with Crippen LogP contribution in [0.3, 0.4) is 0 Å². The Balaban J connectivity index is 1.65. The summed E-state index contributed by atoms with van der Waals surface area (Å²) in [4.78, 5) is 18.0. The number of fused-ring (bicyclic) bond motifs is 1. The van der Waals surface area contributed by atoms with Gasteiger partial charge in [0.2, 0.25) is 5.91 Å². The van der Waals surface area contributed by atoms with Crippen LogP contribution in [0.5, 0.6) is 0 Å². The van der Waals surface area contributed by atoms with Gasteiger partial charge in [-0.1, -0.05) is 6.07 Å². The minimum Gasteiger partial charge on any atom is -0.324 e. The molecule has 7 heteroatoms. The number of nitrogens with one attached hydrogen (secondary N) is 1. The van der Waals surface area contributed by atoms with Crippen LogP contribution >= 0.6 is 0 Å². The maximum atomic E-state index is 12.8. The van der Waals surface area contributed by atoms with Crippen molar-refractivity contribution in [3.05, 3.63) is 36.5 Å². The SMILES string of the molecule is O=C(CN1CCCC(C(F)(F)F)C1)Nc1cccc2ncccc12. The molecular formula is C17H18F3N3O. The van der Waals surface area contributed by atoms with Gasteiger partial charge in [0, 0.05) is 18.1 Å². The number of carbonyl (C=O) groups excluding carboxylic acids is 1. The zero-order valence-corrected chi connectivity index (χ0v) is 13.0. The molecule has 1 N–H and O–H groups in total. The molecule has 1 fully saturated rings. The Labute approximate surface area is 137 Å². The van der Waals surface area contributed by atoms with Crippen LogP contribution in [0.15, 0.2) is 36.5 Å². The van der Waals surface area contributed by atoms with Crippen LogP contribution in [0.25, 0.3) is 10.9 Å². The third kappa shape index (κ3) is 3.84. The standard InChI is InChI=1S/C17H18F3N3O/c18-17(19,20)12-4-3-9-23(10-12)11-16(24)22-15-7-1-6-14-13(15)5-2-8-21-14/h1-2,5-8,12H,3-4,9-11H2,(H,22,24). The molecule has 1 atom stereocenters. The number of anilines is 1. The number of carbonyl (C=O) groups is 1. The number of benzene rings is 1. The second-order valence-corrected chi connectivity index (χ2v) is 6.04. The molecule has 1 unspecified atom stereocenters. The van der Waals surface area contributed by atoms with Gasteiger partial charge < -0.3 is 5.32 Å². The summed E-state index contributed by atoms with van der Waals surface area (Å²) in [6.45, 7) is 0.355. The third-order valence-corrected chi connectivity index (χ3v) is 4.26. The minimum absolute atomic E-state index is 0.0385. The monoisotopic (exact) mass is 337 g/mol. The van der Waals surface area contributed by atoms with Crippen molar-refractivity contribution in [2.75, 3.05) is 25.0 Å². The zero-order valence-electron chi connectivity index (χ0n) is 13.0. The average Bonchev–Trinajstić information content (AvgIpc) is 2.54. The third-order valence-electron chi connectivity index (χ3n) is 4.26. The number of piperidine rings is 1. The number of hydrogen-bond donors (Lipinski definition) is 1. The highest BCUT2D eigenvalue weighted by Crippen LogP contribution is 2.33. The molecule has 0 aliphatic carbocycles. The van der Waals surface area contributed by atoms with E-state index < -0.39 is 12.1 Å². The Morgan fingerprint density at radius 3 is 2.92 bits per heavy atom. The Kier molecular flexibility index (Phi) is 4.71. The van der Waals surface area contributed by atoms with Crippen LogP contribution in [0.1, 0.15) is 12.8 Å². The fourth-order valence-electron chi connectivity index (χ4n) is 3.07. The Bertz CT molecular complexity index is 727. The molecule has 0 saturated carbocycles. The van der Waals surface area contributed by atoms with Crippen LogP contribution in [-0.2, 0) is 4.79 Å².